The minimum Gasteiger partial charge on any atom is -0.419 e. The molecule has 8 nitrogen and oxygen atoms in total. The summed E-state index contributed by atoms with van der Waals surface area (Å²) in [6.45, 7) is 2.18. The van der Waals surface area contributed by atoms with Gasteiger partial charge in [-0.05, 0) is 22.9 Å². The van der Waals surface area contributed by atoms with Crippen LogP contribution < -0.4 is 0 Å². The summed E-state index contributed by atoms with van der Waals surface area (Å²) in [6.07, 6.45) is 0. The lowest BCUT2D eigenvalue weighted by Gasteiger charge is -2.17. The van der Waals surface area contributed by atoms with Crippen LogP contribution in [0, 0.1) is 0 Å². The molecule has 0 aliphatic rings. The number of hydrogen-bond donors (Lipinski definition) is 0. The summed E-state index contributed by atoms with van der Waals surface area (Å²) in [7, 11) is 1.67. The summed E-state index contributed by atoms with van der Waals surface area (Å²) >= 11 is 3.14. The second-order valence-corrected chi connectivity index (χ2v) is 7.57. The number of methoxy groups -OCH3 is 1. The molecule has 0 saturated heterocycles. The normalized spacial score (nSPS) is 11.5. The molecule has 4 aromatic heterocycles. The molecule has 0 fully saturated rings. The van der Waals surface area contributed by atoms with E-state index in [4.69, 9.17) is 13.7 Å². The monoisotopic (exact) mass is 403 g/mol. The Kier molecular flexibility index (Phi) is 5.68. The first kappa shape index (κ1) is 18.0. The third-order valence-electron chi connectivity index (χ3n) is 3.74. The van der Waals surface area contributed by atoms with E-state index in [0.717, 1.165) is 9.75 Å². The van der Waals surface area contributed by atoms with E-state index >= 15 is 0 Å². The van der Waals surface area contributed by atoms with Gasteiger partial charge in [0.05, 0.1) is 29.5 Å². The summed E-state index contributed by atoms with van der Waals surface area (Å²) < 4.78 is 16.4. The molecule has 0 bridgehead atoms. The van der Waals surface area contributed by atoms with Crippen molar-refractivity contribution >= 4 is 22.7 Å². The maximum Gasteiger partial charge on any atom is 0.257 e. The molecule has 140 valence electrons. The lowest BCUT2D eigenvalue weighted by molar-refractivity contribution is 0.125. The van der Waals surface area contributed by atoms with Crippen LogP contribution in [0.2, 0.25) is 0 Å². The van der Waals surface area contributed by atoms with E-state index in [9.17, 15) is 0 Å². The molecular formula is C17H17N5O3S2. The predicted octanol–water partition coefficient (Wildman–Crippen LogP) is 3.56. The lowest BCUT2D eigenvalue weighted by Crippen LogP contribution is -2.27. The first-order chi connectivity index (χ1) is 13.3. The highest BCUT2D eigenvalue weighted by atomic mass is 32.1. The molecule has 4 heterocycles. The van der Waals surface area contributed by atoms with Crippen LogP contribution in [0.3, 0.4) is 0 Å². The highest BCUT2D eigenvalue weighted by Gasteiger charge is 2.17. The van der Waals surface area contributed by atoms with E-state index in [0.29, 0.717) is 49.7 Å². The zero-order valence-electron chi connectivity index (χ0n) is 14.6. The van der Waals surface area contributed by atoms with Crippen molar-refractivity contribution in [2.45, 2.75) is 13.1 Å². The maximum absolute atomic E-state index is 5.78. The molecule has 0 aliphatic heterocycles. The molecule has 0 amide bonds. The van der Waals surface area contributed by atoms with E-state index in [1.807, 2.05) is 35.0 Å². The molecule has 0 atom stereocenters. The van der Waals surface area contributed by atoms with Gasteiger partial charge in [-0.3, -0.25) is 4.90 Å². The smallest absolute Gasteiger partial charge is 0.257 e. The van der Waals surface area contributed by atoms with E-state index in [2.05, 4.69) is 25.2 Å². The van der Waals surface area contributed by atoms with Gasteiger partial charge in [-0.1, -0.05) is 17.3 Å². The van der Waals surface area contributed by atoms with Gasteiger partial charge in [-0.15, -0.1) is 32.9 Å². The van der Waals surface area contributed by atoms with E-state index in [1.54, 1.807) is 29.8 Å². The van der Waals surface area contributed by atoms with Gasteiger partial charge in [0.15, 0.2) is 0 Å². The number of ether oxygens (including phenoxy) is 1. The van der Waals surface area contributed by atoms with Gasteiger partial charge < -0.3 is 13.7 Å². The Morgan fingerprint density at radius 2 is 1.81 bits per heavy atom. The fraction of sp³-hybridized carbons (Fsp3) is 0.294. The largest absolute Gasteiger partial charge is 0.419 e. The van der Waals surface area contributed by atoms with Crippen LogP contribution in [-0.4, -0.2) is 45.5 Å². The topological polar surface area (TPSA) is 90.3 Å². The molecule has 0 saturated carbocycles. The molecule has 0 aromatic carbocycles. The van der Waals surface area contributed by atoms with Gasteiger partial charge in [0.25, 0.3) is 5.89 Å². The molecule has 0 N–H and O–H groups in total. The minimum absolute atomic E-state index is 0.471. The Balaban J connectivity index is 1.45. The third-order valence-corrected chi connectivity index (χ3v) is 5.46. The van der Waals surface area contributed by atoms with Crippen molar-refractivity contribution in [3.8, 4) is 21.5 Å². The van der Waals surface area contributed by atoms with Crippen LogP contribution >= 0.6 is 22.7 Å². The number of hydrogen-bond acceptors (Lipinski definition) is 10. The van der Waals surface area contributed by atoms with Crippen LogP contribution in [0.15, 0.2) is 44.0 Å². The molecule has 0 radical (unpaired) electrons. The Morgan fingerprint density at radius 1 is 1.04 bits per heavy atom. The number of thiophene rings is 2. The average Bonchev–Trinajstić information content (AvgIpc) is 3.47. The van der Waals surface area contributed by atoms with Crippen molar-refractivity contribution < 1.29 is 13.7 Å². The Labute approximate surface area is 163 Å². The quantitative estimate of drug-likeness (QED) is 0.419. The summed E-state index contributed by atoms with van der Waals surface area (Å²) in [5.41, 5.74) is 0. The molecule has 27 heavy (non-hydrogen) atoms. The van der Waals surface area contributed by atoms with Crippen LogP contribution in [0.5, 0.6) is 0 Å². The fourth-order valence-corrected chi connectivity index (χ4v) is 3.75. The zero-order chi connectivity index (χ0) is 18.5. The molecule has 0 spiro atoms. The van der Waals surface area contributed by atoms with Crippen molar-refractivity contribution in [2.24, 2.45) is 0 Å². The van der Waals surface area contributed by atoms with Gasteiger partial charge in [-0.25, -0.2) is 0 Å². The lowest BCUT2D eigenvalue weighted by atomic mass is 10.4. The second-order valence-electron chi connectivity index (χ2n) is 5.67. The summed E-state index contributed by atoms with van der Waals surface area (Å²) in [5, 5.41) is 16.3. The van der Waals surface area contributed by atoms with Gasteiger partial charge in [0.1, 0.15) is 0 Å². The number of aromatic nitrogens is 4. The molecule has 4 rings (SSSR count). The van der Waals surface area contributed by atoms with Crippen LogP contribution in [-0.2, 0) is 17.8 Å². The van der Waals surface area contributed by atoms with Gasteiger partial charge in [0.2, 0.25) is 17.6 Å². The highest BCUT2D eigenvalue weighted by molar-refractivity contribution is 7.13. The summed E-state index contributed by atoms with van der Waals surface area (Å²) in [6, 6.07) is 7.83. The van der Waals surface area contributed by atoms with Crippen molar-refractivity contribution in [2.75, 3.05) is 20.3 Å². The highest BCUT2D eigenvalue weighted by Crippen LogP contribution is 2.24. The average molecular weight is 403 g/mol. The van der Waals surface area contributed by atoms with Crippen LogP contribution in [0.1, 0.15) is 11.8 Å². The standard InChI is InChI=1S/C17H17N5O3S2/c1-23-7-6-22(10-14-18-16(21-25-14)12-4-2-8-26-12)11-15-19-20-17(24-15)13-5-3-9-27-13/h2-5,8-9H,6-7,10-11H2,1H3. The molecule has 10 heteroatoms. The van der Waals surface area contributed by atoms with Crippen LogP contribution in [0.25, 0.3) is 21.5 Å². The van der Waals surface area contributed by atoms with Gasteiger partial charge in [-0.2, -0.15) is 4.98 Å². The maximum atomic E-state index is 5.78. The Morgan fingerprint density at radius 3 is 2.56 bits per heavy atom. The Hall–Kier alpha value is -2.40. The fourth-order valence-electron chi connectivity index (χ4n) is 2.46. The summed E-state index contributed by atoms with van der Waals surface area (Å²) in [4.78, 5) is 8.47. The van der Waals surface area contributed by atoms with E-state index in [-0.39, 0.29) is 0 Å². The van der Waals surface area contributed by atoms with Gasteiger partial charge >= 0.3 is 0 Å². The Bertz CT molecular complexity index is 875. The molecule has 0 aliphatic carbocycles. The molecule has 4 aromatic rings. The first-order valence-corrected chi connectivity index (χ1v) is 10.0. The SMILES string of the molecule is COCCN(Cc1nc(-c2cccs2)no1)Cc1nnc(-c2cccs2)o1. The van der Waals surface area contributed by atoms with Crippen molar-refractivity contribution in [1.29, 1.82) is 0 Å². The number of rotatable bonds is 9. The third kappa shape index (κ3) is 4.48. The molecule has 0 unspecified atom stereocenters. The summed E-state index contributed by atoms with van der Waals surface area (Å²) in [5.74, 6) is 2.20. The van der Waals surface area contributed by atoms with E-state index < -0.39 is 0 Å². The predicted molar refractivity (Wildman–Crippen MR) is 101 cm³/mol. The molecular weight excluding hydrogens is 386 g/mol. The zero-order valence-corrected chi connectivity index (χ0v) is 16.2. The van der Waals surface area contributed by atoms with Crippen LogP contribution in [0.4, 0.5) is 0 Å². The van der Waals surface area contributed by atoms with Gasteiger partial charge in [0, 0.05) is 13.7 Å². The van der Waals surface area contributed by atoms with Crippen molar-refractivity contribution in [3.05, 3.63) is 46.8 Å². The van der Waals surface area contributed by atoms with E-state index in [1.165, 1.54) is 0 Å². The second kappa shape index (κ2) is 8.53. The van der Waals surface area contributed by atoms with Crippen molar-refractivity contribution in [1.82, 2.24) is 25.2 Å². The number of nitrogens with zero attached hydrogens (tertiary/aromatic N) is 5. The first-order valence-electron chi connectivity index (χ1n) is 8.26. The minimum atomic E-state index is 0.471. The van der Waals surface area contributed by atoms with Crippen molar-refractivity contribution in [3.63, 3.8) is 0 Å².